The van der Waals surface area contributed by atoms with E-state index in [0.29, 0.717) is 68.4 Å². The van der Waals surface area contributed by atoms with Crippen LogP contribution in [0.15, 0.2) is 84.0 Å². The van der Waals surface area contributed by atoms with Crippen LogP contribution in [0.3, 0.4) is 0 Å². The van der Waals surface area contributed by atoms with Crippen molar-refractivity contribution in [2.45, 2.75) is 113 Å². The van der Waals surface area contributed by atoms with Crippen LogP contribution in [0.1, 0.15) is 92.1 Å². The lowest BCUT2D eigenvalue weighted by atomic mass is 9.59. The van der Waals surface area contributed by atoms with E-state index in [1.54, 1.807) is 12.3 Å². The van der Waals surface area contributed by atoms with Gasteiger partial charge in [0.05, 0.1) is 82.7 Å². The average Bonchev–Trinajstić information content (AvgIpc) is 3.80. The molecule has 3 N–H and O–H groups in total. The van der Waals surface area contributed by atoms with E-state index in [-0.39, 0.29) is 65.8 Å². The fraction of sp³-hybridized carbons (Fsp3) is 0.500. The Kier molecular flexibility index (Phi) is 14.0. The number of aromatic nitrogens is 4. The maximum Gasteiger partial charge on any atom is 0.297 e. The summed E-state index contributed by atoms with van der Waals surface area (Å²) in [5.74, 6) is 1.42. The van der Waals surface area contributed by atoms with Gasteiger partial charge < -0.3 is 53.4 Å². The number of pyridine rings is 1. The highest BCUT2D eigenvalue weighted by Crippen LogP contribution is 2.54. The Morgan fingerprint density at radius 1 is 0.892 bits per heavy atom. The minimum absolute atomic E-state index is 0.0214. The minimum Gasteiger partial charge on any atom is -0.491 e. The first kappa shape index (κ1) is 53.7. The Morgan fingerprint density at radius 2 is 1.72 bits per heavy atom. The van der Waals surface area contributed by atoms with E-state index in [0.717, 1.165) is 118 Å². The predicted octanol–water partition coefficient (Wildman–Crippen LogP) is 7.84. The maximum atomic E-state index is 14.9. The number of nitro benzene ring substituents is 1. The summed E-state index contributed by atoms with van der Waals surface area (Å²) in [5, 5.41) is 16.7. The molecule has 0 unspecified atom stereocenters. The first-order valence-corrected chi connectivity index (χ1v) is 30.8. The van der Waals surface area contributed by atoms with Gasteiger partial charge in [0.2, 0.25) is 5.88 Å². The van der Waals surface area contributed by atoms with Crippen LogP contribution in [0.5, 0.6) is 17.4 Å². The van der Waals surface area contributed by atoms with Gasteiger partial charge in [-0.3, -0.25) is 24.8 Å². The molecule has 436 valence electrons. The lowest BCUT2D eigenvalue weighted by molar-refractivity contribution is -0.384. The smallest absolute Gasteiger partial charge is 0.297 e. The molecule has 3 aromatic carbocycles. The lowest BCUT2D eigenvalue weighted by Gasteiger charge is -2.58. The second-order valence-electron chi connectivity index (χ2n) is 23.8. The molecule has 8 aliphatic rings. The van der Waals surface area contributed by atoms with Crippen LogP contribution in [0.2, 0.25) is 0 Å². The second kappa shape index (κ2) is 21.7. The third-order valence-corrected chi connectivity index (χ3v) is 19.8. The minimum atomic E-state index is -4.72. The molecule has 1 aliphatic carbocycles. The number of nitrogens with one attached hydrogen (secondary N) is 3. The molecular weight excluding hydrogens is 1080 g/mol. The van der Waals surface area contributed by atoms with Crippen LogP contribution in [-0.2, 0) is 37.3 Å². The van der Waals surface area contributed by atoms with Crippen LogP contribution in [0.4, 0.5) is 34.3 Å². The molecular formula is C60H69N11O11S. The summed E-state index contributed by atoms with van der Waals surface area (Å²) in [6.45, 7) is 11.4. The number of carbonyl (C=O) groups excluding carboxylic acids is 1. The van der Waals surface area contributed by atoms with E-state index in [9.17, 15) is 23.3 Å². The van der Waals surface area contributed by atoms with E-state index < -0.39 is 37.5 Å². The van der Waals surface area contributed by atoms with Crippen molar-refractivity contribution in [1.82, 2.24) is 29.6 Å². The van der Waals surface area contributed by atoms with Gasteiger partial charge in [0.1, 0.15) is 35.6 Å². The predicted molar refractivity (Wildman–Crippen MR) is 309 cm³/mol. The van der Waals surface area contributed by atoms with Gasteiger partial charge in [0.15, 0.2) is 11.4 Å². The van der Waals surface area contributed by atoms with Crippen molar-refractivity contribution < 1.29 is 46.6 Å². The third kappa shape index (κ3) is 10.2. The molecule has 23 heteroatoms. The Bertz CT molecular complexity index is 3580. The second-order valence-corrected chi connectivity index (χ2v) is 25.5. The molecule has 1 saturated carbocycles. The summed E-state index contributed by atoms with van der Waals surface area (Å²) in [4.78, 5) is 54.0. The van der Waals surface area contributed by atoms with Gasteiger partial charge in [-0.25, -0.2) is 18.1 Å². The first-order chi connectivity index (χ1) is 40.3. The van der Waals surface area contributed by atoms with Gasteiger partial charge in [-0.1, -0.05) is 18.2 Å². The molecule has 4 atom stereocenters. The SMILES string of the molecule is CC(C)Oc1ccccc1[C@@H]1CN(c2cnc3c(n2)COCC3)CCN1C1CC2(CCN(c3ccc(C(=O)NS(=O)(=O)c4cc5c(c([N+](=O)[O-])c4)N[C@H](C4CCOCC4)CO5)c(N4c5cc6cc[nH]c6nc5O[C@H]5COCC[C@@H]54)c3)CC2)C1. The number of piperidine rings is 1. The maximum absolute atomic E-state index is 14.9. The molecule has 3 aromatic heterocycles. The van der Waals surface area contributed by atoms with Crippen molar-refractivity contribution in [3.8, 4) is 17.4 Å². The molecule has 7 aliphatic heterocycles. The fourth-order valence-corrected chi connectivity index (χ4v) is 15.1. The molecule has 14 rings (SSSR count). The zero-order valence-electron chi connectivity index (χ0n) is 46.7. The molecule has 83 heavy (non-hydrogen) atoms. The van der Waals surface area contributed by atoms with E-state index in [2.05, 4.69) is 66.7 Å². The molecule has 6 aromatic rings. The molecule has 1 amide bonds. The van der Waals surface area contributed by atoms with Crippen LogP contribution in [0, 0.1) is 21.4 Å². The third-order valence-electron chi connectivity index (χ3n) is 18.5. The summed E-state index contributed by atoms with van der Waals surface area (Å²) in [7, 11) is -4.72. The molecule has 4 saturated heterocycles. The van der Waals surface area contributed by atoms with Crippen molar-refractivity contribution in [2.75, 3.05) is 92.4 Å². The normalized spacial score (nSPS) is 23.7. The summed E-state index contributed by atoms with van der Waals surface area (Å²) >= 11 is 0. The number of aromatic amines is 1. The monoisotopic (exact) mass is 1150 g/mol. The van der Waals surface area contributed by atoms with Gasteiger partial charge in [-0.2, -0.15) is 4.98 Å². The highest BCUT2D eigenvalue weighted by Gasteiger charge is 2.51. The van der Waals surface area contributed by atoms with Crippen molar-refractivity contribution in [3.05, 3.63) is 112 Å². The molecule has 5 fully saturated rings. The number of nitro groups is 1. The summed E-state index contributed by atoms with van der Waals surface area (Å²) in [5.41, 5.74) is 5.63. The number of anilines is 5. The number of carbonyl (C=O) groups is 1. The quantitative estimate of drug-likeness (QED) is 0.0781. The lowest BCUT2D eigenvalue weighted by Crippen LogP contribution is -2.60. The number of piperazine rings is 1. The van der Waals surface area contributed by atoms with Crippen LogP contribution in [-0.4, -0.2) is 147 Å². The summed E-state index contributed by atoms with van der Waals surface area (Å²) in [6, 6.07) is 20.1. The van der Waals surface area contributed by atoms with E-state index in [4.69, 9.17) is 43.4 Å². The first-order valence-electron chi connectivity index (χ1n) is 29.3. The molecule has 10 heterocycles. The number of benzene rings is 3. The average molecular weight is 1150 g/mol. The zero-order valence-corrected chi connectivity index (χ0v) is 47.5. The van der Waals surface area contributed by atoms with E-state index in [1.807, 2.05) is 36.5 Å². The number of sulfonamides is 1. The van der Waals surface area contributed by atoms with Crippen molar-refractivity contribution in [3.63, 3.8) is 0 Å². The highest BCUT2D eigenvalue weighted by atomic mass is 32.2. The number of amides is 1. The van der Waals surface area contributed by atoms with Crippen LogP contribution >= 0.6 is 0 Å². The van der Waals surface area contributed by atoms with Crippen LogP contribution < -0.4 is 38.9 Å². The number of H-pyrrole nitrogens is 1. The standard InChI is InChI=1S/C60H69N11O11S/c1-36(2)81-52-6-4-3-5-42(52)51-32-68(55-31-62-44-12-23-78-33-46(44)63-55)19-20-69(51)40-29-60(30-40)14-17-67(18-15-60)39-7-8-43(48(26-39)70-47-13-24-79-35-54(47)82-59-50(70)25-38-9-16-61-57(38)65-59)58(72)66-83(75,76)41-27-49(71(73)74)56-53(28-41)80-34-45(64-56)37-10-21-77-22-11-37/h3-9,16,25-28,31,36-37,40,45,47,51,54,64H,10-15,17-24,29-30,32-35H2,1-2H3,(H,61,65)(H,66,72)/t45-,47-,51-,54-/m0/s1. The van der Waals surface area contributed by atoms with Gasteiger partial charge >= 0.3 is 0 Å². The van der Waals surface area contributed by atoms with Crippen molar-refractivity contribution >= 4 is 61.2 Å². The highest BCUT2D eigenvalue weighted by molar-refractivity contribution is 7.90. The van der Waals surface area contributed by atoms with Gasteiger partial charge in [-0.15, -0.1) is 0 Å². The van der Waals surface area contributed by atoms with Crippen LogP contribution in [0.25, 0.3) is 11.0 Å². The Labute approximate surface area is 481 Å². The molecule has 0 radical (unpaired) electrons. The van der Waals surface area contributed by atoms with Crippen molar-refractivity contribution in [1.29, 1.82) is 0 Å². The Hall–Kier alpha value is -7.31. The Balaban J connectivity index is 0.739. The van der Waals surface area contributed by atoms with E-state index in [1.165, 1.54) is 11.6 Å². The topological polar surface area (TPSA) is 241 Å². The number of para-hydroxylation sites is 1. The molecule has 1 spiro atoms. The zero-order chi connectivity index (χ0) is 56.6. The van der Waals surface area contributed by atoms with E-state index >= 15 is 0 Å². The van der Waals surface area contributed by atoms with Gasteiger partial charge in [0.25, 0.3) is 21.6 Å². The largest absolute Gasteiger partial charge is 0.491 e. The fourth-order valence-electron chi connectivity index (χ4n) is 14.1. The number of ether oxygens (including phenoxy) is 6. The summed E-state index contributed by atoms with van der Waals surface area (Å²) < 4.78 is 67.6. The summed E-state index contributed by atoms with van der Waals surface area (Å²) in [6.07, 6.45) is 10.3. The number of rotatable bonds is 12. The Morgan fingerprint density at radius 3 is 2.55 bits per heavy atom. The molecule has 22 nitrogen and oxygen atoms in total. The van der Waals surface area contributed by atoms with Gasteiger partial charge in [0, 0.05) is 100.0 Å². The van der Waals surface area contributed by atoms with Gasteiger partial charge in [-0.05, 0) is 107 Å². The molecule has 0 bridgehead atoms. The number of hydrogen-bond acceptors (Lipinski definition) is 19. The van der Waals surface area contributed by atoms with Crippen molar-refractivity contribution in [2.24, 2.45) is 11.3 Å². The number of nitrogens with zero attached hydrogens (tertiary/aromatic N) is 8. The number of fused-ring (bicyclic) bond motifs is 5. The number of hydrogen-bond donors (Lipinski definition) is 3.